The number of alkyl halides is 24. The Morgan fingerprint density at radius 3 is 0.949 bits per heavy atom. The van der Waals surface area contributed by atoms with Crippen LogP contribution in [0.5, 0.6) is 0 Å². The van der Waals surface area contributed by atoms with Crippen LogP contribution < -0.4 is 26.4 Å². The molecule has 0 atom stereocenters. The van der Waals surface area contributed by atoms with Gasteiger partial charge in [-0.15, -0.1) is 0 Å². The summed E-state index contributed by atoms with van der Waals surface area (Å²) in [6.07, 6.45) is -50.7. The van der Waals surface area contributed by atoms with Crippen molar-refractivity contribution in [2.45, 2.75) is 56.0 Å². The fourth-order valence-corrected chi connectivity index (χ4v) is 7.90. The number of carbonyl (C=O) groups excluding carboxylic acids is 2. The largest absolute Gasteiger partial charge is 0.416 e. The number of benzene rings is 5. The van der Waals surface area contributed by atoms with Gasteiger partial charge in [-0.2, -0.15) is 132 Å². The molecular formula is C46H24BF24N3O4. The number of nitro groups is 1. The van der Waals surface area contributed by atoms with Crippen LogP contribution in [0, 0.1) is 10.1 Å². The summed E-state index contributed by atoms with van der Waals surface area (Å²) in [5, 5.41) is 10.4. The monoisotopic (exact) mass is 1150 g/mol. The lowest BCUT2D eigenvalue weighted by atomic mass is 9.12. The van der Waals surface area contributed by atoms with E-state index in [-0.39, 0.29) is 18.0 Å². The molecular weight excluding hydrogens is 1130 g/mol. The average molecular weight is 1150 g/mol. The number of aromatic nitrogens is 2. The summed E-state index contributed by atoms with van der Waals surface area (Å²) in [6, 6.07) is -0.199. The van der Waals surface area contributed by atoms with Crippen molar-refractivity contribution in [2.75, 3.05) is 6.54 Å². The van der Waals surface area contributed by atoms with E-state index in [0.717, 1.165) is 0 Å². The molecule has 0 aliphatic rings. The van der Waals surface area contributed by atoms with Crippen LogP contribution in [-0.2, 0) is 56.0 Å². The van der Waals surface area contributed by atoms with Gasteiger partial charge in [0.15, 0.2) is 6.20 Å². The molecule has 0 aliphatic carbocycles. The molecule has 6 aromatic rings. The molecule has 32 heteroatoms. The van der Waals surface area contributed by atoms with Gasteiger partial charge in [0.25, 0.3) is 18.0 Å². The second-order valence-electron chi connectivity index (χ2n) is 16.5. The molecule has 78 heavy (non-hydrogen) atoms. The Hall–Kier alpha value is -7.70. The Labute approximate surface area is 418 Å². The predicted octanol–water partition coefficient (Wildman–Crippen LogP) is 11.9. The van der Waals surface area contributed by atoms with Crippen LogP contribution in [0.25, 0.3) is 0 Å². The number of rotatable bonds is 10. The van der Waals surface area contributed by atoms with Crippen molar-refractivity contribution in [3.63, 3.8) is 0 Å². The van der Waals surface area contributed by atoms with Crippen LogP contribution in [0.2, 0.25) is 0 Å². The third kappa shape index (κ3) is 14.3. The van der Waals surface area contributed by atoms with Gasteiger partial charge in [0.1, 0.15) is 12.3 Å². The third-order valence-corrected chi connectivity index (χ3v) is 11.2. The maximum Gasteiger partial charge on any atom is 0.416 e. The summed E-state index contributed by atoms with van der Waals surface area (Å²) in [4.78, 5) is 37.4. The first-order valence-electron chi connectivity index (χ1n) is 20.8. The number of hydrogen-bond donors (Lipinski definition) is 0. The summed E-state index contributed by atoms with van der Waals surface area (Å²) in [5.41, 5.74) is -29.7. The van der Waals surface area contributed by atoms with Gasteiger partial charge in [-0.3, -0.25) is 24.7 Å². The van der Waals surface area contributed by atoms with Gasteiger partial charge in [-0.1, -0.05) is 78.9 Å². The molecule has 0 fully saturated rings. The molecule has 0 radical (unpaired) electrons. The van der Waals surface area contributed by atoms with E-state index < -0.39 is 212 Å². The zero-order valence-corrected chi connectivity index (χ0v) is 37.6. The molecule has 1 heterocycles. The van der Waals surface area contributed by atoms with Crippen molar-refractivity contribution in [3.8, 4) is 0 Å². The zero-order chi connectivity index (χ0) is 59.2. The van der Waals surface area contributed by atoms with Crippen molar-refractivity contribution in [1.82, 2.24) is 4.98 Å². The van der Waals surface area contributed by atoms with E-state index in [4.69, 9.17) is 0 Å². The average Bonchev–Trinajstić information content (AvgIpc) is 3.29. The van der Waals surface area contributed by atoms with Crippen LogP contribution in [0.3, 0.4) is 0 Å². The lowest BCUT2D eigenvalue weighted by Crippen LogP contribution is -2.75. The zero-order valence-electron chi connectivity index (χ0n) is 37.6. The van der Waals surface area contributed by atoms with Crippen molar-refractivity contribution in [1.29, 1.82) is 0 Å². The van der Waals surface area contributed by atoms with E-state index in [1.807, 2.05) is 0 Å². The van der Waals surface area contributed by atoms with Gasteiger partial charge in [-0.05, 0) is 24.3 Å². The van der Waals surface area contributed by atoms with Crippen molar-refractivity contribution in [2.24, 2.45) is 0 Å². The summed E-state index contributed by atoms with van der Waals surface area (Å²) in [7, 11) is 0. The highest BCUT2D eigenvalue weighted by Crippen LogP contribution is 2.41. The molecule has 0 unspecified atom stereocenters. The van der Waals surface area contributed by atoms with E-state index in [2.05, 4.69) is 4.98 Å². The second kappa shape index (κ2) is 21.3. The van der Waals surface area contributed by atoms with E-state index >= 15 is 0 Å². The molecule has 0 N–H and O–H groups in total. The van der Waals surface area contributed by atoms with Gasteiger partial charge in [-0.25, -0.2) is 0 Å². The summed E-state index contributed by atoms with van der Waals surface area (Å²) in [6.45, 7) is -0.906. The summed E-state index contributed by atoms with van der Waals surface area (Å²) < 4.78 is 342. The van der Waals surface area contributed by atoms with Gasteiger partial charge in [0, 0.05) is 10.5 Å². The minimum Gasteiger partial charge on any atom is -0.287 e. The maximum absolute atomic E-state index is 14.2. The summed E-state index contributed by atoms with van der Waals surface area (Å²) >= 11 is 0. The van der Waals surface area contributed by atoms with Gasteiger partial charge >= 0.3 is 49.4 Å². The van der Waals surface area contributed by atoms with E-state index in [1.54, 1.807) is 30.3 Å². The topological polar surface area (TPSA) is 94.1 Å². The third-order valence-electron chi connectivity index (χ3n) is 11.2. The summed E-state index contributed by atoms with van der Waals surface area (Å²) in [5.74, 6) is -0.879. The molecule has 5 aromatic carbocycles. The highest BCUT2D eigenvalue weighted by molar-refractivity contribution is 7.20. The van der Waals surface area contributed by atoms with Gasteiger partial charge < -0.3 is 0 Å². The van der Waals surface area contributed by atoms with E-state index in [0.29, 0.717) is 5.56 Å². The Morgan fingerprint density at radius 1 is 0.436 bits per heavy atom. The molecule has 0 spiro atoms. The number of nitrogens with zero attached hydrogens (tertiary/aromatic N) is 3. The first kappa shape index (κ1) is 61.2. The van der Waals surface area contributed by atoms with Gasteiger partial charge in [0.05, 0.1) is 50.7 Å². The predicted molar refractivity (Wildman–Crippen MR) is 221 cm³/mol. The van der Waals surface area contributed by atoms with Crippen LogP contribution in [0.4, 0.5) is 105 Å². The maximum atomic E-state index is 14.2. The van der Waals surface area contributed by atoms with Crippen LogP contribution in [-0.4, -0.2) is 34.2 Å². The van der Waals surface area contributed by atoms with E-state index in [9.17, 15) is 125 Å². The lowest BCUT2D eigenvalue weighted by molar-refractivity contribution is -0.686. The smallest absolute Gasteiger partial charge is 0.287 e. The second-order valence-corrected chi connectivity index (χ2v) is 16.5. The molecule has 418 valence electrons. The van der Waals surface area contributed by atoms with Crippen molar-refractivity contribution >= 4 is 39.6 Å². The lowest BCUT2D eigenvalue weighted by Gasteiger charge is -2.46. The Kier molecular flexibility index (Phi) is 16.7. The minimum absolute atomic E-state index is 0.0403. The van der Waals surface area contributed by atoms with Crippen LogP contribution >= 0.6 is 0 Å². The standard InChI is InChI=1S/C32H12BF24.C14H12N3O4/c34-25(35,36)13-1-14(26(37,38)39)6-21(5-13)33(22-7-15(27(40,41)42)2-16(8-22)28(43,44)45,23-9-17(29(46,47)48)3-18(10-23)30(49,50)51)24-11-19(31(52,53)54)4-20(12-24)32(55,56)57;18-13(11-4-2-1-3-5-11)9-16-7-6-15-8-12(16)14(19)10-17(20)21/h1-12H;1-8H,9-10H2/q-1;+1. The van der Waals surface area contributed by atoms with Crippen LogP contribution in [0.15, 0.2) is 122 Å². The van der Waals surface area contributed by atoms with Crippen LogP contribution in [0.1, 0.15) is 65.4 Å². The molecule has 1 aromatic heterocycles. The Bertz CT molecular complexity index is 2770. The highest BCUT2D eigenvalue weighted by Gasteiger charge is 2.47. The molecule has 7 nitrogen and oxygen atoms in total. The number of Topliss-reactive ketones (excluding diaryl/α,β-unsaturated/α-hetero) is 2. The molecule has 0 aliphatic heterocycles. The SMILES string of the molecule is FC(F)(F)c1cc([B-](c2cc(C(F)(F)F)cc(C(F)(F)F)c2)(c2cc(C(F)(F)F)cc(C(F)(F)F)c2)c2cc(C(F)(F)F)cc(C(F)(F)F)c2)cc(C(F)(F)F)c1.O=C(C[n+]1ccncc1C(=O)C[N+](=O)[O-])c1ccccc1. The number of carbonyl (C=O) groups is 2. The molecule has 0 saturated carbocycles. The fraction of sp³-hybridized carbons (Fsp3) is 0.217. The molecule has 0 bridgehead atoms. The normalized spacial score (nSPS) is 13.2. The first-order chi connectivity index (χ1) is 35.3. The highest BCUT2D eigenvalue weighted by atomic mass is 19.4. The molecule has 0 saturated heterocycles. The first-order valence-corrected chi connectivity index (χ1v) is 20.8. The number of hydrogen-bond acceptors (Lipinski definition) is 5. The Morgan fingerprint density at radius 2 is 0.705 bits per heavy atom. The number of halogens is 24. The van der Waals surface area contributed by atoms with E-state index in [1.165, 1.54) is 23.2 Å². The van der Waals surface area contributed by atoms with Gasteiger partial charge in [0.2, 0.25) is 12.3 Å². The van der Waals surface area contributed by atoms with Crippen molar-refractivity contribution in [3.05, 3.63) is 188 Å². The van der Waals surface area contributed by atoms with Crippen molar-refractivity contribution < 1.29 is 124 Å². The minimum atomic E-state index is -6.13. The number of ketones is 2. The molecule has 6 rings (SSSR count). The quantitative estimate of drug-likeness (QED) is 0.0340. The Balaban J connectivity index is 0.000000443. The molecule has 0 amide bonds. The fourth-order valence-electron chi connectivity index (χ4n) is 7.90.